The van der Waals surface area contributed by atoms with Gasteiger partial charge in [0, 0.05) is 0 Å². The molecule has 0 radical (unpaired) electrons. The molecule has 1 aliphatic rings. The summed E-state index contributed by atoms with van der Waals surface area (Å²) < 4.78 is 0. The van der Waals surface area contributed by atoms with E-state index in [4.69, 9.17) is 5.11 Å². The Labute approximate surface area is 80.3 Å². The topological polar surface area (TPSA) is 37.3 Å². The van der Waals surface area contributed by atoms with Crippen LogP contribution in [-0.2, 0) is 4.79 Å². The highest BCUT2D eigenvalue weighted by molar-refractivity contribution is 5.69. The number of carboxylic acids is 1. The zero-order valence-corrected chi connectivity index (χ0v) is 8.62. The van der Waals surface area contributed by atoms with Gasteiger partial charge in [0.2, 0.25) is 0 Å². The molecule has 1 rings (SSSR count). The molecular weight excluding hydrogens is 164 g/mol. The highest BCUT2D eigenvalue weighted by Crippen LogP contribution is 2.32. The van der Waals surface area contributed by atoms with Crippen LogP contribution in [0.4, 0.5) is 0 Å². The quantitative estimate of drug-likeness (QED) is 0.729. The van der Waals surface area contributed by atoms with Crippen molar-refractivity contribution < 1.29 is 9.90 Å². The summed E-state index contributed by atoms with van der Waals surface area (Å²) in [6, 6.07) is 0. The Hall–Kier alpha value is -0.530. The third kappa shape index (κ3) is 3.02. The van der Waals surface area contributed by atoms with Gasteiger partial charge in [0.25, 0.3) is 0 Å². The fourth-order valence-corrected chi connectivity index (χ4v) is 2.22. The van der Waals surface area contributed by atoms with E-state index < -0.39 is 5.97 Å². The maximum atomic E-state index is 10.7. The number of carbonyl (C=O) groups is 1. The number of aliphatic carboxylic acids is 1. The second-order valence-corrected chi connectivity index (χ2v) is 4.49. The van der Waals surface area contributed by atoms with Gasteiger partial charge in [-0.25, -0.2) is 0 Å². The molecule has 0 saturated heterocycles. The maximum Gasteiger partial charge on any atom is 0.306 e. The van der Waals surface area contributed by atoms with Crippen molar-refractivity contribution in [3.63, 3.8) is 0 Å². The Morgan fingerprint density at radius 1 is 1.38 bits per heavy atom. The number of hydrogen-bond donors (Lipinski definition) is 1. The molecule has 1 saturated carbocycles. The maximum absolute atomic E-state index is 10.7. The molecule has 2 atom stereocenters. The van der Waals surface area contributed by atoms with Gasteiger partial charge in [-0.1, -0.05) is 39.5 Å². The van der Waals surface area contributed by atoms with Gasteiger partial charge in [-0.15, -0.1) is 0 Å². The lowest BCUT2D eigenvalue weighted by atomic mass is 9.86. The van der Waals surface area contributed by atoms with Gasteiger partial charge in [-0.3, -0.25) is 4.79 Å². The van der Waals surface area contributed by atoms with Crippen molar-refractivity contribution in [2.45, 2.75) is 46.0 Å². The van der Waals surface area contributed by atoms with Crippen molar-refractivity contribution in [1.29, 1.82) is 0 Å². The van der Waals surface area contributed by atoms with Crippen LogP contribution in [0.5, 0.6) is 0 Å². The van der Waals surface area contributed by atoms with E-state index in [1.54, 1.807) is 0 Å². The molecule has 0 amide bonds. The highest BCUT2D eigenvalue weighted by atomic mass is 16.4. The fraction of sp³-hybridized carbons (Fsp3) is 0.909. The summed E-state index contributed by atoms with van der Waals surface area (Å²) in [6.07, 6.45) is 6.43. The van der Waals surface area contributed by atoms with Crippen molar-refractivity contribution in [2.75, 3.05) is 0 Å². The van der Waals surface area contributed by atoms with Crippen LogP contribution in [0.25, 0.3) is 0 Å². The van der Waals surface area contributed by atoms with Gasteiger partial charge < -0.3 is 5.11 Å². The van der Waals surface area contributed by atoms with E-state index in [2.05, 4.69) is 6.92 Å². The minimum atomic E-state index is -0.648. The van der Waals surface area contributed by atoms with E-state index in [1.807, 2.05) is 6.92 Å². The average molecular weight is 184 g/mol. The Bertz CT molecular complexity index is 171. The van der Waals surface area contributed by atoms with Crippen LogP contribution in [0.3, 0.4) is 0 Å². The Balaban J connectivity index is 2.30. The van der Waals surface area contributed by atoms with Gasteiger partial charge in [-0.05, 0) is 18.3 Å². The van der Waals surface area contributed by atoms with Crippen LogP contribution in [-0.4, -0.2) is 11.1 Å². The van der Waals surface area contributed by atoms with Crippen molar-refractivity contribution in [3.05, 3.63) is 0 Å². The van der Waals surface area contributed by atoms with Crippen molar-refractivity contribution >= 4 is 5.97 Å². The van der Waals surface area contributed by atoms with Crippen molar-refractivity contribution in [2.24, 2.45) is 17.8 Å². The van der Waals surface area contributed by atoms with E-state index in [1.165, 1.54) is 25.7 Å². The van der Waals surface area contributed by atoms with Crippen LogP contribution >= 0.6 is 0 Å². The first-order valence-corrected chi connectivity index (χ1v) is 5.34. The summed E-state index contributed by atoms with van der Waals surface area (Å²) in [4.78, 5) is 10.7. The lowest BCUT2D eigenvalue weighted by Gasteiger charge is -2.19. The van der Waals surface area contributed by atoms with Gasteiger partial charge in [-0.2, -0.15) is 0 Å². The fourth-order valence-electron chi connectivity index (χ4n) is 2.22. The summed E-state index contributed by atoms with van der Waals surface area (Å²) in [7, 11) is 0. The first-order chi connectivity index (χ1) is 6.11. The van der Waals surface area contributed by atoms with Gasteiger partial charge >= 0.3 is 5.97 Å². The van der Waals surface area contributed by atoms with Crippen LogP contribution in [0.15, 0.2) is 0 Å². The van der Waals surface area contributed by atoms with Crippen LogP contribution in [0.2, 0.25) is 0 Å². The molecule has 0 heterocycles. The molecular formula is C11H20O2. The molecule has 0 aromatic rings. The Morgan fingerprint density at radius 3 is 2.38 bits per heavy atom. The standard InChI is InChI=1S/C11H20O2/c1-8(9(2)11(12)13)7-10-5-3-4-6-10/h8-10H,3-7H2,1-2H3,(H,12,13). The van der Waals surface area contributed by atoms with Gasteiger partial charge in [0.1, 0.15) is 0 Å². The second kappa shape index (κ2) is 4.64. The van der Waals surface area contributed by atoms with E-state index in [9.17, 15) is 4.79 Å². The normalized spacial score (nSPS) is 22.9. The summed E-state index contributed by atoms with van der Waals surface area (Å²) >= 11 is 0. The van der Waals surface area contributed by atoms with Gasteiger partial charge in [0.05, 0.1) is 5.92 Å². The Morgan fingerprint density at radius 2 is 1.92 bits per heavy atom. The van der Waals surface area contributed by atoms with Crippen molar-refractivity contribution in [1.82, 2.24) is 0 Å². The summed E-state index contributed by atoms with van der Waals surface area (Å²) in [6.45, 7) is 3.89. The number of hydrogen-bond acceptors (Lipinski definition) is 1. The minimum absolute atomic E-state index is 0.180. The zero-order valence-electron chi connectivity index (χ0n) is 8.62. The molecule has 2 heteroatoms. The molecule has 1 N–H and O–H groups in total. The van der Waals surface area contributed by atoms with Crippen LogP contribution in [0.1, 0.15) is 46.0 Å². The van der Waals surface area contributed by atoms with E-state index >= 15 is 0 Å². The molecule has 0 aromatic heterocycles. The molecule has 1 fully saturated rings. The predicted octanol–water partition coefficient (Wildman–Crippen LogP) is 2.92. The zero-order chi connectivity index (χ0) is 9.84. The van der Waals surface area contributed by atoms with E-state index in [-0.39, 0.29) is 5.92 Å². The second-order valence-electron chi connectivity index (χ2n) is 4.49. The third-order valence-electron chi connectivity index (χ3n) is 3.42. The van der Waals surface area contributed by atoms with E-state index in [0.717, 1.165) is 12.3 Å². The molecule has 0 bridgehead atoms. The molecule has 76 valence electrons. The molecule has 0 spiro atoms. The molecule has 13 heavy (non-hydrogen) atoms. The smallest absolute Gasteiger partial charge is 0.306 e. The molecule has 0 aliphatic heterocycles. The summed E-state index contributed by atoms with van der Waals surface area (Å²) in [5, 5.41) is 8.83. The average Bonchev–Trinajstić information content (AvgIpc) is 2.55. The monoisotopic (exact) mass is 184 g/mol. The first kappa shape index (κ1) is 10.6. The largest absolute Gasteiger partial charge is 0.481 e. The van der Waals surface area contributed by atoms with E-state index in [0.29, 0.717) is 5.92 Å². The third-order valence-corrected chi connectivity index (χ3v) is 3.42. The summed E-state index contributed by atoms with van der Waals surface area (Å²) in [5.41, 5.74) is 0. The predicted molar refractivity (Wildman–Crippen MR) is 52.5 cm³/mol. The number of rotatable bonds is 4. The van der Waals surface area contributed by atoms with Crippen LogP contribution in [0, 0.1) is 17.8 Å². The first-order valence-electron chi connectivity index (χ1n) is 5.34. The van der Waals surface area contributed by atoms with Crippen LogP contribution < -0.4 is 0 Å². The number of carboxylic acid groups (broad SMARTS) is 1. The highest BCUT2D eigenvalue weighted by Gasteiger charge is 2.24. The SMILES string of the molecule is CC(CC1CCCC1)C(C)C(=O)O. The minimum Gasteiger partial charge on any atom is -0.481 e. The molecule has 1 aliphatic carbocycles. The molecule has 0 aromatic carbocycles. The van der Waals surface area contributed by atoms with Crippen molar-refractivity contribution in [3.8, 4) is 0 Å². The van der Waals surface area contributed by atoms with Gasteiger partial charge in [0.15, 0.2) is 0 Å². The lowest BCUT2D eigenvalue weighted by Crippen LogP contribution is -2.20. The molecule has 2 nitrogen and oxygen atoms in total. The molecule has 2 unspecified atom stereocenters. The lowest BCUT2D eigenvalue weighted by molar-refractivity contribution is -0.142. The Kier molecular flexibility index (Phi) is 3.76. The summed E-state index contributed by atoms with van der Waals surface area (Å²) in [5.74, 6) is 0.309.